The van der Waals surface area contributed by atoms with Crippen LogP contribution in [0.4, 0.5) is 11.4 Å². The second-order valence-corrected chi connectivity index (χ2v) is 12.2. The molecule has 0 spiro atoms. The Morgan fingerprint density at radius 2 is 1.49 bits per heavy atom. The number of anilines is 2. The number of allylic oxidation sites excluding steroid dienone is 11. The van der Waals surface area contributed by atoms with Crippen molar-refractivity contribution >= 4 is 33.4 Å². The molecule has 4 nitrogen and oxygen atoms in total. The second-order valence-electron chi connectivity index (χ2n) is 12.2. The van der Waals surface area contributed by atoms with Crippen LogP contribution in [0.2, 0.25) is 0 Å². The normalized spacial score (nSPS) is 12.2. The fourth-order valence-corrected chi connectivity index (χ4v) is 6.25. The number of rotatable bonds is 13. The third kappa shape index (κ3) is 9.72. The Morgan fingerprint density at radius 1 is 0.830 bits per heavy atom. The fraction of sp³-hybridized carbons (Fsp3) is 0.204. The minimum atomic E-state index is 0.00246. The molecule has 3 aromatic carbocycles. The molecule has 0 aliphatic rings. The van der Waals surface area contributed by atoms with Crippen LogP contribution in [-0.4, -0.2) is 20.4 Å². The molecule has 0 amide bonds. The first kappa shape index (κ1) is 41.5. The predicted octanol–water partition coefficient (Wildman–Crippen LogP) is 13.9. The Labute approximate surface area is 319 Å². The highest BCUT2D eigenvalue weighted by Crippen LogP contribution is 2.37. The van der Waals surface area contributed by atoms with Crippen molar-refractivity contribution in [2.45, 2.75) is 67.9 Å². The minimum absolute atomic E-state index is 0.00246. The Balaban J connectivity index is 0.00000144. The van der Waals surface area contributed by atoms with Crippen molar-refractivity contribution in [2.24, 2.45) is 0 Å². The summed E-state index contributed by atoms with van der Waals surface area (Å²) >= 11 is 0. The number of hydrogen-bond acceptors (Lipinski definition) is 2. The van der Waals surface area contributed by atoms with Crippen LogP contribution in [-0.2, 0) is 6.42 Å². The summed E-state index contributed by atoms with van der Waals surface area (Å²) in [5.41, 5.74) is 11.7. The zero-order chi connectivity index (χ0) is 38.9. The maximum absolute atomic E-state index is 5.27. The highest BCUT2D eigenvalue weighted by molar-refractivity contribution is 5.86. The van der Waals surface area contributed by atoms with E-state index in [1.165, 1.54) is 16.5 Å². The summed E-state index contributed by atoms with van der Waals surface area (Å²) in [7, 11) is 0. The van der Waals surface area contributed by atoms with Gasteiger partial charge in [-0.2, -0.15) is 5.10 Å². The first-order valence-electron chi connectivity index (χ1n) is 18.6. The van der Waals surface area contributed by atoms with Gasteiger partial charge in [0, 0.05) is 34.7 Å². The highest BCUT2D eigenvalue weighted by Gasteiger charge is 2.22. The first-order valence-corrected chi connectivity index (χ1v) is 18.6. The summed E-state index contributed by atoms with van der Waals surface area (Å²) in [6.07, 6.45) is 22.9. The Hall–Kier alpha value is -5.87. The monoisotopic (exact) mass is 702 g/mol. The van der Waals surface area contributed by atoms with Gasteiger partial charge < -0.3 is 9.47 Å². The van der Waals surface area contributed by atoms with Gasteiger partial charge in [0.2, 0.25) is 0 Å². The number of aryl methyl sites for hydroxylation is 1. The number of hydrogen-bond donors (Lipinski definition) is 0. The van der Waals surface area contributed by atoms with Crippen LogP contribution < -0.4 is 4.90 Å². The molecule has 0 saturated heterocycles. The van der Waals surface area contributed by atoms with Gasteiger partial charge >= 0.3 is 0 Å². The van der Waals surface area contributed by atoms with Gasteiger partial charge in [-0.15, -0.1) is 19.7 Å². The van der Waals surface area contributed by atoms with Gasteiger partial charge in [0.05, 0.1) is 22.6 Å². The zero-order valence-corrected chi connectivity index (χ0v) is 33.2. The van der Waals surface area contributed by atoms with Crippen molar-refractivity contribution < 1.29 is 0 Å². The lowest BCUT2D eigenvalue weighted by molar-refractivity contribution is 0.842. The molecule has 0 radical (unpaired) electrons. The molecule has 0 bridgehead atoms. The van der Waals surface area contributed by atoms with Gasteiger partial charge in [-0.3, -0.25) is 0 Å². The second kappa shape index (κ2) is 20.8. The molecule has 53 heavy (non-hydrogen) atoms. The lowest BCUT2D eigenvalue weighted by Crippen LogP contribution is -2.27. The average Bonchev–Trinajstić information content (AvgIpc) is 3.78. The Kier molecular flexibility index (Phi) is 16.3. The van der Waals surface area contributed by atoms with Gasteiger partial charge in [-0.05, 0) is 107 Å². The smallest absolute Gasteiger partial charge is 0.0930 e. The summed E-state index contributed by atoms with van der Waals surface area (Å²) in [5, 5.41) is 6.50. The molecule has 5 aromatic rings. The third-order valence-corrected chi connectivity index (χ3v) is 8.64. The first-order chi connectivity index (χ1) is 25.8. The number of benzene rings is 3. The topological polar surface area (TPSA) is 26.0 Å². The van der Waals surface area contributed by atoms with Crippen LogP contribution in [0.15, 0.2) is 166 Å². The maximum atomic E-state index is 5.27. The van der Waals surface area contributed by atoms with Crippen molar-refractivity contribution in [3.8, 4) is 11.4 Å². The van der Waals surface area contributed by atoms with E-state index in [4.69, 9.17) is 5.10 Å². The summed E-state index contributed by atoms with van der Waals surface area (Å²) < 4.78 is 4.37. The van der Waals surface area contributed by atoms with Crippen molar-refractivity contribution in [3.63, 3.8) is 0 Å². The lowest BCUT2D eigenvalue weighted by Gasteiger charge is -2.32. The Bertz CT molecular complexity index is 2120. The van der Waals surface area contributed by atoms with Crippen molar-refractivity contribution in [1.29, 1.82) is 0 Å². The third-order valence-electron chi connectivity index (χ3n) is 8.64. The molecule has 5 rings (SSSR count). The molecule has 1 unspecified atom stereocenters. The van der Waals surface area contributed by atoms with Crippen LogP contribution in [0.25, 0.3) is 33.4 Å². The van der Waals surface area contributed by atoms with Crippen molar-refractivity contribution in [1.82, 2.24) is 14.3 Å². The van der Waals surface area contributed by atoms with E-state index in [1.807, 2.05) is 52.8 Å². The van der Waals surface area contributed by atoms with E-state index < -0.39 is 0 Å². The van der Waals surface area contributed by atoms with Crippen LogP contribution in [0.5, 0.6) is 0 Å². The molecule has 1 atom stereocenters. The summed E-state index contributed by atoms with van der Waals surface area (Å²) in [6, 6.07) is 26.0. The minimum Gasteiger partial charge on any atom is -0.334 e. The average molecular weight is 703 g/mol. The fourth-order valence-electron chi connectivity index (χ4n) is 6.25. The molecular formula is C49H58N4. The van der Waals surface area contributed by atoms with Crippen LogP contribution in [0, 0.1) is 6.92 Å². The number of para-hydroxylation sites is 2. The molecule has 4 heteroatoms. The Morgan fingerprint density at radius 3 is 2.13 bits per heavy atom. The molecule has 0 fully saturated rings. The van der Waals surface area contributed by atoms with Gasteiger partial charge in [0.15, 0.2) is 0 Å². The van der Waals surface area contributed by atoms with E-state index in [0.717, 1.165) is 57.2 Å². The molecule has 0 aliphatic carbocycles. The number of aromatic nitrogens is 3. The molecule has 274 valence electrons. The largest absolute Gasteiger partial charge is 0.334 e. The quantitative estimate of drug-likeness (QED) is 0.0902. The number of fused-ring (bicyclic) bond motifs is 1. The van der Waals surface area contributed by atoms with Gasteiger partial charge in [-0.25, -0.2) is 4.68 Å². The predicted molar refractivity (Wildman–Crippen MR) is 236 cm³/mol. The molecule has 2 heterocycles. The van der Waals surface area contributed by atoms with Crippen molar-refractivity contribution in [3.05, 3.63) is 189 Å². The summed E-state index contributed by atoms with van der Waals surface area (Å²) in [4.78, 5) is 2.37. The zero-order valence-electron chi connectivity index (χ0n) is 33.2. The van der Waals surface area contributed by atoms with E-state index in [9.17, 15) is 0 Å². The number of nitrogens with zero attached hydrogens (tertiary/aromatic N) is 4. The molecule has 2 aromatic heterocycles. The van der Waals surface area contributed by atoms with Gasteiger partial charge in [-0.1, -0.05) is 118 Å². The van der Waals surface area contributed by atoms with Crippen LogP contribution in [0.3, 0.4) is 0 Å². The molecule has 0 saturated carbocycles. The maximum Gasteiger partial charge on any atom is 0.0930 e. The van der Waals surface area contributed by atoms with E-state index in [0.29, 0.717) is 0 Å². The van der Waals surface area contributed by atoms with Crippen molar-refractivity contribution in [2.75, 3.05) is 4.90 Å². The highest BCUT2D eigenvalue weighted by atomic mass is 15.3. The lowest BCUT2D eigenvalue weighted by atomic mass is 10.0. The molecule has 0 N–H and O–H groups in total. The van der Waals surface area contributed by atoms with E-state index >= 15 is 0 Å². The van der Waals surface area contributed by atoms with Crippen LogP contribution in [0.1, 0.15) is 71.0 Å². The van der Waals surface area contributed by atoms with E-state index in [1.54, 1.807) is 12.2 Å². The van der Waals surface area contributed by atoms with Gasteiger partial charge in [0.25, 0.3) is 0 Å². The summed E-state index contributed by atoms with van der Waals surface area (Å²) in [6.45, 7) is 31.9. The SMILES string of the molecule is C=C/C=C\C(=C/C)c1cc(C(/C=C\C)=C/C)n(-c2cc(N(c3ccccc3CC=C)C(C)C=C)cc(-n3cc(C)c4ccccc43)c2)n1.C=CC.CC. The standard InChI is InChI=1S/C44H46N4.C3H6.C2H6/c1-9-15-22-34(13-5)41-30-44(35(14-6)20-10-2)48(45-41)39-28-37(46-31-32(7)40-24-17-19-26-43(40)46)27-38(29-39)47(33(8)12-4)42-25-18-16-23-36(42)21-11-3;1-3-2;1-2/h9-20,22-31,33H,1,3-4,21H2,2,5-8H3;3H,1H2,2H3;1-2H3/b20-10-,22-15-,34-13+,35-14+;;. The van der Waals surface area contributed by atoms with E-state index in [-0.39, 0.29) is 6.04 Å². The van der Waals surface area contributed by atoms with Gasteiger partial charge in [0.1, 0.15) is 0 Å². The van der Waals surface area contributed by atoms with E-state index in [2.05, 4.69) is 171 Å². The summed E-state index contributed by atoms with van der Waals surface area (Å²) in [5.74, 6) is 0. The molecule has 0 aliphatic heterocycles. The molecular weight excluding hydrogens is 645 g/mol. The van der Waals surface area contributed by atoms with Crippen LogP contribution >= 0.6 is 0 Å².